The van der Waals surface area contributed by atoms with E-state index in [0.717, 1.165) is 29.5 Å². The molecule has 0 unspecified atom stereocenters. The molecule has 0 aliphatic carbocycles. The SMILES string of the molecule is Cc1csc(CCNc2ccnc(N(C)C)n2)n1. The van der Waals surface area contributed by atoms with Crippen LogP contribution in [0.1, 0.15) is 10.7 Å². The molecule has 0 aliphatic heterocycles. The quantitative estimate of drug-likeness (QED) is 0.893. The van der Waals surface area contributed by atoms with Crippen LogP contribution in [-0.2, 0) is 6.42 Å². The Hall–Kier alpha value is -1.69. The minimum absolute atomic E-state index is 0.713. The summed E-state index contributed by atoms with van der Waals surface area (Å²) in [4.78, 5) is 14.9. The fourth-order valence-corrected chi connectivity index (χ4v) is 2.25. The number of nitrogens with zero attached hydrogens (tertiary/aromatic N) is 4. The van der Waals surface area contributed by atoms with Gasteiger partial charge in [-0.05, 0) is 13.0 Å². The van der Waals surface area contributed by atoms with E-state index in [1.54, 1.807) is 17.5 Å². The fraction of sp³-hybridized carbons (Fsp3) is 0.417. The predicted molar refractivity (Wildman–Crippen MR) is 75.4 cm³/mol. The van der Waals surface area contributed by atoms with Crippen LogP contribution >= 0.6 is 11.3 Å². The normalized spacial score (nSPS) is 10.4. The topological polar surface area (TPSA) is 53.9 Å². The Balaban J connectivity index is 1.88. The zero-order chi connectivity index (χ0) is 13.0. The third kappa shape index (κ3) is 3.40. The lowest BCUT2D eigenvalue weighted by Crippen LogP contribution is -2.14. The predicted octanol–water partition coefficient (Wildman–Crippen LogP) is 1.96. The van der Waals surface area contributed by atoms with Crippen molar-refractivity contribution in [3.8, 4) is 0 Å². The molecule has 0 bridgehead atoms. The van der Waals surface area contributed by atoms with Crippen LogP contribution in [0.15, 0.2) is 17.6 Å². The van der Waals surface area contributed by atoms with Crippen molar-refractivity contribution in [3.63, 3.8) is 0 Å². The van der Waals surface area contributed by atoms with Crippen LogP contribution in [0.2, 0.25) is 0 Å². The average Bonchev–Trinajstić information content (AvgIpc) is 2.75. The Morgan fingerprint density at radius 1 is 1.33 bits per heavy atom. The van der Waals surface area contributed by atoms with Crippen molar-refractivity contribution >= 4 is 23.1 Å². The fourth-order valence-electron chi connectivity index (χ4n) is 1.48. The summed E-state index contributed by atoms with van der Waals surface area (Å²) in [5, 5.41) is 6.51. The molecule has 0 aromatic carbocycles. The molecule has 0 fully saturated rings. The number of hydrogen-bond acceptors (Lipinski definition) is 6. The second-order valence-corrected chi connectivity index (χ2v) is 5.14. The van der Waals surface area contributed by atoms with Crippen molar-refractivity contribution in [2.75, 3.05) is 30.9 Å². The van der Waals surface area contributed by atoms with Crippen LogP contribution in [0.5, 0.6) is 0 Å². The van der Waals surface area contributed by atoms with Crippen molar-refractivity contribution in [1.29, 1.82) is 0 Å². The molecule has 96 valence electrons. The van der Waals surface area contributed by atoms with Gasteiger partial charge in [0.15, 0.2) is 0 Å². The third-order valence-electron chi connectivity index (χ3n) is 2.35. The van der Waals surface area contributed by atoms with E-state index >= 15 is 0 Å². The maximum Gasteiger partial charge on any atom is 0.226 e. The molecular weight excluding hydrogens is 246 g/mol. The van der Waals surface area contributed by atoms with Crippen LogP contribution in [0, 0.1) is 6.92 Å². The molecule has 5 nitrogen and oxygen atoms in total. The summed E-state index contributed by atoms with van der Waals surface area (Å²) in [7, 11) is 3.86. The highest BCUT2D eigenvalue weighted by Gasteiger charge is 2.02. The van der Waals surface area contributed by atoms with Gasteiger partial charge in [-0.1, -0.05) is 0 Å². The van der Waals surface area contributed by atoms with E-state index in [0.29, 0.717) is 5.95 Å². The van der Waals surface area contributed by atoms with Crippen molar-refractivity contribution in [1.82, 2.24) is 15.0 Å². The van der Waals surface area contributed by atoms with Crippen LogP contribution < -0.4 is 10.2 Å². The van der Waals surface area contributed by atoms with Crippen molar-refractivity contribution in [2.45, 2.75) is 13.3 Å². The average molecular weight is 263 g/mol. The summed E-state index contributed by atoms with van der Waals surface area (Å²) in [6.45, 7) is 2.85. The van der Waals surface area contributed by atoms with Gasteiger partial charge in [0.25, 0.3) is 0 Å². The van der Waals surface area contributed by atoms with Crippen molar-refractivity contribution in [2.24, 2.45) is 0 Å². The Labute approximate surface area is 111 Å². The molecule has 2 aromatic rings. The van der Waals surface area contributed by atoms with Gasteiger partial charge in [-0.2, -0.15) is 4.98 Å². The van der Waals surface area contributed by atoms with Gasteiger partial charge in [0.1, 0.15) is 5.82 Å². The summed E-state index contributed by atoms with van der Waals surface area (Å²) >= 11 is 1.70. The summed E-state index contributed by atoms with van der Waals surface area (Å²) in [6.07, 6.45) is 2.68. The first-order chi connectivity index (χ1) is 8.65. The highest BCUT2D eigenvalue weighted by Crippen LogP contribution is 2.11. The molecular formula is C12H17N5S. The monoisotopic (exact) mass is 263 g/mol. The molecule has 2 heterocycles. The van der Waals surface area contributed by atoms with Gasteiger partial charge in [0.05, 0.1) is 5.01 Å². The Kier molecular flexibility index (Phi) is 4.09. The summed E-state index contributed by atoms with van der Waals surface area (Å²) < 4.78 is 0. The standard InChI is InChI=1S/C12H17N5S/c1-9-8-18-11(15-9)5-7-13-10-4-6-14-12(16-10)17(2)3/h4,6,8H,5,7H2,1-3H3,(H,13,14,16). The molecule has 0 atom stereocenters. The number of rotatable bonds is 5. The third-order valence-corrected chi connectivity index (χ3v) is 3.38. The highest BCUT2D eigenvalue weighted by molar-refractivity contribution is 7.09. The molecule has 18 heavy (non-hydrogen) atoms. The molecule has 0 radical (unpaired) electrons. The van der Waals surface area contributed by atoms with Gasteiger partial charge in [-0.25, -0.2) is 9.97 Å². The van der Waals surface area contributed by atoms with E-state index in [-0.39, 0.29) is 0 Å². The van der Waals surface area contributed by atoms with Gasteiger partial charge in [-0.15, -0.1) is 11.3 Å². The molecule has 0 saturated carbocycles. The zero-order valence-corrected chi connectivity index (χ0v) is 11.7. The summed E-state index contributed by atoms with van der Waals surface area (Å²) in [5.74, 6) is 1.56. The van der Waals surface area contributed by atoms with Gasteiger partial charge >= 0.3 is 0 Å². The lowest BCUT2D eigenvalue weighted by atomic mass is 10.4. The lowest BCUT2D eigenvalue weighted by Gasteiger charge is -2.11. The summed E-state index contributed by atoms with van der Waals surface area (Å²) in [6, 6.07) is 1.88. The molecule has 1 N–H and O–H groups in total. The summed E-state index contributed by atoms with van der Waals surface area (Å²) in [5.41, 5.74) is 1.09. The molecule has 2 rings (SSSR count). The largest absolute Gasteiger partial charge is 0.369 e. The lowest BCUT2D eigenvalue weighted by molar-refractivity contribution is 0.957. The number of thiazole rings is 1. The number of nitrogens with one attached hydrogen (secondary N) is 1. The number of anilines is 2. The number of hydrogen-bond donors (Lipinski definition) is 1. The van der Waals surface area contributed by atoms with Crippen molar-refractivity contribution in [3.05, 3.63) is 28.3 Å². The van der Waals surface area contributed by atoms with Crippen LogP contribution in [-0.4, -0.2) is 35.6 Å². The highest BCUT2D eigenvalue weighted by atomic mass is 32.1. The molecule has 6 heteroatoms. The first-order valence-corrected chi connectivity index (χ1v) is 6.68. The maximum atomic E-state index is 4.43. The van der Waals surface area contributed by atoms with E-state index in [9.17, 15) is 0 Å². The Morgan fingerprint density at radius 2 is 2.17 bits per heavy atom. The van der Waals surface area contributed by atoms with Crippen LogP contribution in [0.3, 0.4) is 0 Å². The van der Waals surface area contributed by atoms with Gasteiger partial charge < -0.3 is 10.2 Å². The van der Waals surface area contributed by atoms with E-state index in [4.69, 9.17) is 0 Å². The van der Waals surface area contributed by atoms with E-state index < -0.39 is 0 Å². The minimum atomic E-state index is 0.713. The Bertz CT molecular complexity index is 509. The minimum Gasteiger partial charge on any atom is -0.369 e. The second-order valence-electron chi connectivity index (χ2n) is 4.20. The van der Waals surface area contributed by atoms with Gasteiger partial charge in [0.2, 0.25) is 5.95 Å². The maximum absolute atomic E-state index is 4.43. The van der Waals surface area contributed by atoms with Gasteiger partial charge in [0, 0.05) is 44.3 Å². The molecule has 2 aromatic heterocycles. The smallest absolute Gasteiger partial charge is 0.226 e. The number of aryl methyl sites for hydroxylation is 1. The van der Waals surface area contributed by atoms with Crippen LogP contribution in [0.4, 0.5) is 11.8 Å². The first-order valence-electron chi connectivity index (χ1n) is 5.80. The van der Waals surface area contributed by atoms with Crippen LogP contribution in [0.25, 0.3) is 0 Å². The first kappa shape index (κ1) is 12.8. The molecule has 0 spiro atoms. The van der Waals surface area contributed by atoms with Crippen molar-refractivity contribution < 1.29 is 0 Å². The van der Waals surface area contributed by atoms with E-state index in [1.165, 1.54) is 0 Å². The van der Waals surface area contributed by atoms with E-state index in [1.807, 2.05) is 32.0 Å². The molecule has 0 amide bonds. The molecule has 0 aliphatic rings. The zero-order valence-electron chi connectivity index (χ0n) is 10.8. The van der Waals surface area contributed by atoms with E-state index in [2.05, 4.69) is 25.6 Å². The Morgan fingerprint density at radius 3 is 2.83 bits per heavy atom. The van der Waals surface area contributed by atoms with Gasteiger partial charge in [-0.3, -0.25) is 0 Å². The number of aromatic nitrogens is 3. The molecule has 0 saturated heterocycles. The second kappa shape index (κ2) is 5.77.